The number of imide groups is 1. The Morgan fingerprint density at radius 3 is 2.48 bits per heavy atom. The summed E-state index contributed by atoms with van der Waals surface area (Å²) in [5, 5.41) is 4.93. The number of fused-ring (bicyclic) bond motifs is 1. The first-order chi connectivity index (χ1) is 21.1. The highest BCUT2D eigenvalue weighted by molar-refractivity contribution is 9.10. The number of aryl methyl sites for hydroxylation is 2. The molecule has 3 aromatic rings. The molecule has 13 heteroatoms. The molecule has 4 amide bonds. The Labute approximate surface area is 266 Å². The highest BCUT2D eigenvalue weighted by Gasteiger charge is 2.36. The summed E-state index contributed by atoms with van der Waals surface area (Å²) in [7, 11) is 1.45. The molecule has 0 aliphatic carbocycles. The van der Waals surface area contributed by atoms with Gasteiger partial charge in [0.1, 0.15) is 19.8 Å². The Hall–Kier alpha value is -4.49. The predicted octanol–water partition coefficient (Wildman–Crippen LogP) is 5.54. The van der Waals surface area contributed by atoms with Crippen molar-refractivity contribution >= 4 is 68.1 Å². The van der Waals surface area contributed by atoms with Gasteiger partial charge in [0.2, 0.25) is 5.91 Å². The van der Waals surface area contributed by atoms with Crippen LogP contribution in [0.5, 0.6) is 23.0 Å². The monoisotopic (exact) mass is 681 g/mol. The lowest BCUT2D eigenvalue weighted by Gasteiger charge is -2.19. The maximum Gasteiger partial charge on any atom is 0.294 e. The zero-order chi connectivity index (χ0) is 31.4. The van der Waals surface area contributed by atoms with Crippen molar-refractivity contribution < 1.29 is 38.1 Å². The molecular weight excluding hydrogens is 654 g/mol. The van der Waals surface area contributed by atoms with Crippen molar-refractivity contribution in [2.45, 2.75) is 13.8 Å². The number of thioether (sulfide) groups is 1. The van der Waals surface area contributed by atoms with E-state index in [9.17, 15) is 19.2 Å². The number of amides is 4. The molecule has 5 rings (SSSR count). The van der Waals surface area contributed by atoms with E-state index < -0.39 is 23.6 Å². The minimum Gasteiger partial charge on any atom is -0.493 e. The normalized spacial score (nSPS) is 14.9. The Morgan fingerprint density at radius 1 is 0.955 bits per heavy atom. The van der Waals surface area contributed by atoms with Crippen LogP contribution in [0.3, 0.4) is 0 Å². The van der Waals surface area contributed by atoms with Gasteiger partial charge in [0, 0.05) is 16.2 Å². The van der Waals surface area contributed by atoms with Gasteiger partial charge in [-0.2, -0.15) is 0 Å². The van der Waals surface area contributed by atoms with Crippen LogP contribution >= 0.6 is 27.7 Å². The number of carbonyl (C=O) groups excluding carboxylic acids is 4. The van der Waals surface area contributed by atoms with Gasteiger partial charge in [-0.05, 0) is 101 Å². The molecule has 228 valence electrons. The molecule has 0 spiro atoms. The van der Waals surface area contributed by atoms with Crippen LogP contribution in [0.4, 0.5) is 16.2 Å². The molecule has 0 atom stereocenters. The molecule has 2 N–H and O–H groups in total. The van der Waals surface area contributed by atoms with Crippen molar-refractivity contribution in [2.24, 2.45) is 0 Å². The summed E-state index contributed by atoms with van der Waals surface area (Å²) < 4.78 is 22.9. The fourth-order valence-electron chi connectivity index (χ4n) is 4.35. The van der Waals surface area contributed by atoms with Crippen LogP contribution in [0, 0.1) is 13.8 Å². The van der Waals surface area contributed by atoms with E-state index in [2.05, 4.69) is 26.6 Å². The first-order valence-corrected chi connectivity index (χ1v) is 15.0. The van der Waals surface area contributed by atoms with Gasteiger partial charge in [0.05, 0.1) is 17.7 Å². The topological polar surface area (TPSA) is 133 Å². The van der Waals surface area contributed by atoms with Gasteiger partial charge in [-0.1, -0.05) is 6.07 Å². The van der Waals surface area contributed by atoms with Crippen LogP contribution < -0.4 is 29.6 Å². The van der Waals surface area contributed by atoms with Crippen LogP contribution in [0.2, 0.25) is 0 Å². The van der Waals surface area contributed by atoms with E-state index in [1.54, 1.807) is 36.4 Å². The van der Waals surface area contributed by atoms with E-state index in [1.165, 1.54) is 13.2 Å². The smallest absolute Gasteiger partial charge is 0.294 e. The number of nitrogens with zero attached hydrogens (tertiary/aromatic N) is 1. The Morgan fingerprint density at radius 2 is 1.70 bits per heavy atom. The van der Waals surface area contributed by atoms with Gasteiger partial charge in [0.15, 0.2) is 29.6 Å². The number of ether oxygens (including phenoxy) is 4. The van der Waals surface area contributed by atoms with Crippen molar-refractivity contribution in [3.05, 3.63) is 74.6 Å². The Balaban J connectivity index is 1.19. The molecule has 2 aliphatic rings. The summed E-state index contributed by atoms with van der Waals surface area (Å²) in [5.41, 5.74) is 3.79. The molecule has 0 aromatic heterocycles. The van der Waals surface area contributed by atoms with Gasteiger partial charge in [0.25, 0.3) is 17.1 Å². The molecule has 1 saturated heterocycles. The maximum atomic E-state index is 13.0. The van der Waals surface area contributed by atoms with Crippen LogP contribution in [-0.4, -0.2) is 61.3 Å². The second kappa shape index (κ2) is 13.4. The molecule has 44 heavy (non-hydrogen) atoms. The van der Waals surface area contributed by atoms with Crippen molar-refractivity contribution in [3.8, 4) is 23.0 Å². The number of benzene rings is 3. The zero-order valence-electron chi connectivity index (χ0n) is 24.0. The highest BCUT2D eigenvalue weighted by atomic mass is 79.9. The predicted molar refractivity (Wildman–Crippen MR) is 169 cm³/mol. The van der Waals surface area contributed by atoms with Gasteiger partial charge in [-0.15, -0.1) is 0 Å². The Bertz CT molecular complexity index is 1690. The van der Waals surface area contributed by atoms with Gasteiger partial charge < -0.3 is 29.6 Å². The molecule has 1 fully saturated rings. The van der Waals surface area contributed by atoms with Crippen molar-refractivity contribution in [1.29, 1.82) is 0 Å². The third-order valence-electron chi connectivity index (χ3n) is 6.70. The molecule has 3 aromatic carbocycles. The minimum absolute atomic E-state index is 0.149. The number of rotatable bonds is 9. The molecule has 0 saturated carbocycles. The van der Waals surface area contributed by atoms with Crippen LogP contribution in [-0.2, 0) is 14.4 Å². The number of carbonyl (C=O) groups is 4. The summed E-state index contributed by atoms with van der Waals surface area (Å²) in [6.07, 6.45) is 1.53. The summed E-state index contributed by atoms with van der Waals surface area (Å²) in [6.45, 7) is 4.08. The Kier molecular flexibility index (Phi) is 9.45. The number of hydrogen-bond acceptors (Lipinski definition) is 9. The lowest BCUT2D eigenvalue weighted by molar-refractivity contribution is -0.127. The number of halogens is 1. The molecular formula is C31H28BrN3O8S. The van der Waals surface area contributed by atoms with Crippen molar-refractivity contribution in [1.82, 2.24) is 4.90 Å². The van der Waals surface area contributed by atoms with E-state index in [1.807, 2.05) is 26.0 Å². The lowest BCUT2D eigenvalue weighted by atomic mass is 10.1. The first-order valence-electron chi connectivity index (χ1n) is 13.4. The minimum atomic E-state index is -0.592. The quantitative estimate of drug-likeness (QED) is 0.280. The van der Waals surface area contributed by atoms with Crippen LogP contribution in [0.15, 0.2) is 57.9 Å². The number of hydrogen-bond donors (Lipinski definition) is 2. The van der Waals surface area contributed by atoms with Crippen LogP contribution in [0.25, 0.3) is 6.08 Å². The molecule has 2 heterocycles. The largest absolute Gasteiger partial charge is 0.493 e. The van der Waals surface area contributed by atoms with Gasteiger partial charge >= 0.3 is 0 Å². The standard InChI is InChI=1S/C31H28BrN3O8S/c1-17-10-21(32)22(11-18(17)2)34-29(37)16-43-23-6-4-19(12-25(23)40-3)13-27-30(38)35(31(39)44-27)15-28(36)33-20-5-7-24-26(14-20)42-9-8-41-24/h4-7,10-14H,8-9,15-16H2,1-3H3,(H,33,36)(H,34,37)/b27-13+. The van der Waals surface area contributed by atoms with Crippen LogP contribution in [0.1, 0.15) is 16.7 Å². The third kappa shape index (κ3) is 7.17. The maximum absolute atomic E-state index is 13.0. The van der Waals surface area contributed by atoms with Crippen molar-refractivity contribution in [3.63, 3.8) is 0 Å². The highest BCUT2D eigenvalue weighted by Crippen LogP contribution is 2.35. The lowest BCUT2D eigenvalue weighted by Crippen LogP contribution is -2.36. The SMILES string of the molecule is COc1cc(/C=C2/SC(=O)N(CC(=O)Nc3ccc4c(c3)OCCO4)C2=O)ccc1OCC(=O)Nc1cc(C)c(C)cc1Br. The molecule has 11 nitrogen and oxygen atoms in total. The number of methoxy groups -OCH3 is 1. The fourth-order valence-corrected chi connectivity index (χ4v) is 5.75. The van der Waals surface area contributed by atoms with E-state index in [-0.39, 0.29) is 17.4 Å². The number of anilines is 2. The molecule has 2 aliphatic heterocycles. The van der Waals surface area contributed by atoms with Gasteiger partial charge in [-0.3, -0.25) is 24.1 Å². The van der Waals surface area contributed by atoms with Crippen molar-refractivity contribution in [2.75, 3.05) is 44.1 Å². The number of nitrogens with one attached hydrogen (secondary N) is 2. The summed E-state index contributed by atoms with van der Waals surface area (Å²) in [4.78, 5) is 51.8. The van der Waals surface area contributed by atoms with E-state index >= 15 is 0 Å². The zero-order valence-corrected chi connectivity index (χ0v) is 26.4. The second-order valence-electron chi connectivity index (χ2n) is 9.84. The fraction of sp³-hybridized carbons (Fsp3) is 0.226. The molecule has 0 radical (unpaired) electrons. The van der Waals surface area contributed by atoms with E-state index in [0.29, 0.717) is 53.2 Å². The van der Waals surface area contributed by atoms with E-state index in [0.717, 1.165) is 32.3 Å². The summed E-state index contributed by atoms with van der Waals surface area (Å²) in [5.74, 6) is 0.247. The van der Waals surface area contributed by atoms with E-state index in [4.69, 9.17) is 18.9 Å². The first kappa shape index (κ1) is 31.0. The van der Waals surface area contributed by atoms with Gasteiger partial charge in [-0.25, -0.2) is 0 Å². The third-order valence-corrected chi connectivity index (χ3v) is 8.27. The second-order valence-corrected chi connectivity index (χ2v) is 11.7. The average molecular weight is 683 g/mol. The summed E-state index contributed by atoms with van der Waals surface area (Å²) in [6, 6.07) is 13.6. The summed E-state index contributed by atoms with van der Waals surface area (Å²) >= 11 is 4.19. The average Bonchev–Trinajstić information content (AvgIpc) is 3.26. The molecule has 0 unspecified atom stereocenters. The molecule has 0 bridgehead atoms.